The number of sulfonamides is 1. The largest absolute Gasteiger partial charge is 0.462 e. The number of carbonyl (C=O) groups excluding carboxylic acids is 2. The normalized spacial score (nSPS) is 11.1. The van der Waals surface area contributed by atoms with Gasteiger partial charge in [-0.15, -0.1) is 0 Å². The third-order valence-corrected chi connectivity index (χ3v) is 6.27. The highest BCUT2D eigenvalue weighted by Gasteiger charge is 2.20. The van der Waals surface area contributed by atoms with Gasteiger partial charge < -0.3 is 10.1 Å². The highest BCUT2D eigenvalue weighted by molar-refractivity contribution is 7.92. The molecule has 1 amide bonds. The molecule has 10 heteroatoms. The van der Waals surface area contributed by atoms with Crippen LogP contribution in [0.15, 0.2) is 66.7 Å². The maximum Gasteiger partial charge on any atom is 0.339 e. The third kappa shape index (κ3) is 6.12. The first-order chi connectivity index (χ1) is 16.1. The summed E-state index contributed by atoms with van der Waals surface area (Å²) < 4.78 is 44.7. The monoisotopic (exact) mass is 504 g/mol. The van der Waals surface area contributed by atoms with Crippen molar-refractivity contribution in [3.8, 4) is 0 Å². The summed E-state index contributed by atoms with van der Waals surface area (Å²) >= 11 is 6.12. The van der Waals surface area contributed by atoms with E-state index in [1.165, 1.54) is 60.7 Å². The molecule has 0 bridgehead atoms. The summed E-state index contributed by atoms with van der Waals surface area (Å²) in [6.07, 6.45) is 1.03. The van der Waals surface area contributed by atoms with E-state index in [2.05, 4.69) is 5.32 Å². The number of nitrogens with one attached hydrogen (secondary N) is 1. The van der Waals surface area contributed by atoms with Crippen molar-refractivity contribution in [2.24, 2.45) is 0 Å². The number of halogens is 2. The maximum atomic E-state index is 14.1. The number of nitrogens with zero attached hydrogens (tertiary/aromatic N) is 1. The fraction of sp³-hybridized carbons (Fsp3) is 0.167. The Labute approximate surface area is 202 Å². The molecule has 0 saturated carbocycles. The summed E-state index contributed by atoms with van der Waals surface area (Å²) in [5, 5.41) is 2.79. The number of benzene rings is 3. The van der Waals surface area contributed by atoms with E-state index in [4.69, 9.17) is 16.3 Å². The summed E-state index contributed by atoms with van der Waals surface area (Å²) in [5.74, 6) is -1.54. The molecule has 0 aromatic heterocycles. The van der Waals surface area contributed by atoms with Gasteiger partial charge in [0, 0.05) is 16.8 Å². The number of rotatable bonds is 8. The second-order valence-corrected chi connectivity index (χ2v) is 9.59. The van der Waals surface area contributed by atoms with E-state index in [0.717, 1.165) is 10.6 Å². The Bertz CT molecular complexity index is 1310. The van der Waals surface area contributed by atoms with Crippen molar-refractivity contribution in [1.29, 1.82) is 0 Å². The van der Waals surface area contributed by atoms with Crippen LogP contribution in [-0.4, -0.2) is 33.2 Å². The summed E-state index contributed by atoms with van der Waals surface area (Å²) in [6.45, 7) is 1.70. The van der Waals surface area contributed by atoms with Gasteiger partial charge in [-0.2, -0.15) is 0 Å². The van der Waals surface area contributed by atoms with Crippen molar-refractivity contribution >= 4 is 44.9 Å². The Morgan fingerprint density at radius 1 is 1.06 bits per heavy atom. The molecule has 178 valence electrons. The van der Waals surface area contributed by atoms with Crippen molar-refractivity contribution in [1.82, 2.24) is 0 Å². The highest BCUT2D eigenvalue weighted by atomic mass is 35.5. The lowest BCUT2D eigenvalue weighted by atomic mass is 10.1. The van der Waals surface area contributed by atoms with Crippen LogP contribution in [-0.2, 0) is 21.3 Å². The van der Waals surface area contributed by atoms with E-state index < -0.39 is 27.7 Å². The van der Waals surface area contributed by atoms with Gasteiger partial charge in [0.15, 0.2) is 0 Å². The number of carbonyl (C=O) groups is 2. The van der Waals surface area contributed by atoms with Crippen molar-refractivity contribution in [2.75, 3.05) is 22.5 Å². The number of amides is 1. The molecule has 3 rings (SSSR count). The van der Waals surface area contributed by atoms with Crippen LogP contribution in [0.1, 0.15) is 33.2 Å². The lowest BCUT2D eigenvalue weighted by Gasteiger charge is -2.23. The zero-order chi connectivity index (χ0) is 24.9. The topological polar surface area (TPSA) is 92.8 Å². The van der Waals surface area contributed by atoms with Crippen LogP contribution < -0.4 is 9.62 Å². The molecule has 0 radical (unpaired) electrons. The molecule has 0 aliphatic heterocycles. The maximum absolute atomic E-state index is 14.1. The molecule has 3 aromatic carbocycles. The lowest BCUT2D eigenvalue weighted by molar-refractivity contribution is 0.0526. The van der Waals surface area contributed by atoms with Crippen LogP contribution in [0.25, 0.3) is 0 Å². The first kappa shape index (κ1) is 25.2. The van der Waals surface area contributed by atoms with Crippen LogP contribution in [0.2, 0.25) is 5.02 Å². The Kier molecular flexibility index (Phi) is 7.90. The van der Waals surface area contributed by atoms with Crippen LogP contribution in [0.5, 0.6) is 0 Å². The molecular formula is C24H22ClFN2O5S. The number of hydrogen-bond acceptors (Lipinski definition) is 5. The first-order valence-corrected chi connectivity index (χ1v) is 12.4. The minimum absolute atomic E-state index is 0.128. The fourth-order valence-electron chi connectivity index (χ4n) is 3.13. The van der Waals surface area contributed by atoms with Gasteiger partial charge in [-0.05, 0) is 55.5 Å². The predicted molar refractivity (Wildman–Crippen MR) is 129 cm³/mol. The third-order valence-electron chi connectivity index (χ3n) is 4.81. The summed E-state index contributed by atoms with van der Waals surface area (Å²) in [6, 6.07) is 16.2. The molecule has 34 heavy (non-hydrogen) atoms. The first-order valence-electron chi connectivity index (χ1n) is 10.2. The van der Waals surface area contributed by atoms with Crippen LogP contribution >= 0.6 is 11.6 Å². The number of hydrogen-bond donors (Lipinski definition) is 1. The van der Waals surface area contributed by atoms with Crippen molar-refractivity contribution in [3.63, 3.8) is 0 Å². The molecule has 0 unspecified atom stereocenters. The van der Waals surface area contributed by atoms with Crippen LogP contribution in [0, 0.1) is 5.82 Å². The molecule has 7 nitrogen and oxygen atoms in total. The zero-order valence-corrected chi connectivity index (χ0v) is 20.0. The van der Waals surface area contributed by atoms with Gasteiger partial charge in [0.2, 0.25) is 10.0 Å². The smallest absolute Gasteiger partial charge is 0.339 e. The van der Waals surface area contributed by atoms with Crippen LogP contribution in [0.3, 0.4) is 0 Å². The summed E-state index contributed by atoms with van der Waals surface area (Å²) in [4.78, 5) is 24.5. The Balaban J connectivity index is 1.77. The Morgan fingerprint density at radius 3 is 2.32 bits per heavy atom. The van der Waals surface area contributed by atoms with Crippen molar-refractivity contribution in [3.05, 3.63) is 94.3 Å². The summed E-state index contributed by atoms with van der Waals surface area (Å²) in [7, 11) is -3.72. The highest BCUT2D eigenvalue weighted by Crippen LogP contribution is 2.24. The molecule has 3 aromatic rings. The van der Waals surface area contributed by atoms with Crippen molar-refractivity contribution < 1.29 is 27.1 Å². The molecule has 0 aliphatic carbocycles. The van der Waals surface area contributed by atoms with E-state index in [1.54, 1.807) is 13.0 Å². The number of anilines is 2. The van der Waals surface area contributed by atoms with Gasteiger partial charge in [-0.3, -0.25) is 9.10 Å². The molecular weight excluding hydrogens is 483 g/mol. The fourth-order valence-corrected chi connectivity index (χ4v) is 4.27. The second kappa shape index (κ2) is 10.7. The minimum Gasteiger partial charge on any atom is -0.462 e. The van der Waals surface area contributed by atoms with Crippen LogP contribution in [0.4, 0.5) is 15.8 Å². The minimum atomic E-state index is -3.72. The van der Waals surface area contributed by atoms with E-state index in [-0.39, 0.29) is 40.6 Å². The molecule has 1 N–H and O–H groups in total. The summed E-state index contributed by atoms with van der Waals surface area (Å²) in [5.41, 5.74) is 1.31. The molecule has 0 heterocycles. The van der Waals surface area contributed by atoms with E-state index in [9.17, 15) is 22.4 Å². The van der Waals surface area contributed by atoms with Gasteiger partial charge in [0.1, 0.15) is 5.82 Å². The average molecular weight is 505 g/mol. The Morgan fingerprint density at radius 2 is 1.74 bits per heavy atom. The van der Waals surface area contributed by atoms with Gasteiger partial charge in [0.05, 0.1) is 35.7 Å². The van der Waals surface area contributed by atoms with E-state index in [0.29, 0.717) is 5.69 Å². The molecule has 0 saturated heterocycles. The molecule has 0 atom stereocenters. The molecule has 0 aliphatic rings. The zero-order valence-electron chi connectivity index (χ0n) is 18.4. The average Bonchev–Trinajstić information content (AvgIpc) is 2.78. The van der Waals surface area contributed by atoms with Gasteiger partial charge in [-0.1, -0.05) is 29.8 Å². The predicted octanol–water partition coefficient (Wildman–Crippen LogP) is 4.87. The SMILES string of the molecule is CCOC(=O)c1ccc(NC(=O)c2ccc(N(Cc3ccccc3F)S(C)(=O)=O)cc2)cc1Cl. The van der Waals surface area contributed by atoms with E-state index >= 15 is 0 Å². The molecule has 0 spiro atoms. The molecule has 0 fully saturated rings. The Hall–Kier alpha value is -3.43. The van der Waals surface area contributed by atoms with Crippen molar-refractivity contribution in [2.45, 2.75) is 13.5 Å². The standard InChI is InChI=1S/C24H22ClFN2O5S/c1-3-33-24(30)20-13-10-18(14-21(20)25)27-23(29)16-8-11-19(12-9-16)28(34(2,31)32)15-17-6-4-5-7-22(17)26/h4-14H,3,15H2,1-2H3,(H,27,29). The second-order valence-electron chi connectivity index (χ2n) is 7.28. The van der Waals surface area contributed by atoms with Gasteiger partial charge in [-0.25, -0.2) is 17.6 Å². The van der Waals surface area contributed by atoms with Gasteiger partial charge >= 0.3 is 5.97 Å². The number of esters is 1. The van der Waals surface area contributed by atoms with Gasteiger partial charge in [0.25, 0.3) is 5.91 Å². The quantitative estimate of drug-likeness (QED) is 0.442. The number of ether oxygens (including phenoxy) is 1. The van der Waals surface area contributed by atoms with E-state index in [1.807, 2.05) is 0 Å². The lowest BCUT2D eigenvalue weighted by Crippen LogP contribution is -2.29.